The van der Waals surface area contributed by atoms with Crippen molar-refractivity contribution in [1.29, 1.82) is 0 Å². The summed E-state index contributed by atoms with van der Waals surface area (Å²) in [4.78, 5) is 49.5. The normalized spacial score (nSPS) is 18.9. The molecule has 1 rings (SSSR count). The highest BCUT2D eigenvalue weighted by atomic mass is 16.4. The molecule has 0 spiro atoms. The minimum Gasteiger partial charge on any atom is -0.481 e. The minimum absolute atomic E-state index is 0.0885. The average Bonchev–Trinajstić information content (AvgIpc) is 2.91. The lowest BCUT2D eigenvalue weighted by Crippen LogP contribution is -2.45. The third-order valence-electron chi connectivity index (χ3n) is 3.90. The summed E-state index contributed by atoms with van der Waals surface area (Å²) in [6.07, 6.45) is 0.623. The van der Waals surface area contributed by atoms with E-state index in [2.05, 4.69) is 0 Å². The fourth-order valence-corrected chi connectivity index (χ4v) is 2.75. The molecule has 2 N–H and O–H groups in total. The summed E-state index contributed by atoms with van der Waals surface area (Å²) in [5.74, 6) is -3.74. The van der Waals surface area contributed by atoms with E-state index in [0.29, 0.717) is 19.4 Å². The van der Waals surface area contributed by atoms with Crippen LogP contribution in [-0.2, 0) is 19.2 Å². The first-order chi connectivity index (χ1) is 10.7. The van der Waals surface area contributed by atoms with Gasteiger partial charge in [0, 0.05) is 19.4 Å². The lowest BCUT2D eigenvalue weighted by molar-refractivity contribution is -0.146. The molecule has 0 aliphatic carbocycles. The van der Waals surface area contributed by atoms with E-state index < -0.39 is 23.9 Å². The number of likely N-dealkylation sites (tertiary alicyclic amines) is 1. The Morgan fingerprint density at radius 1 is 1.22 bits per heavy atom. The maximum Gasteiger partial charge on any atom is 0.306 e. The number of carbonyl (C=O) groups is 4. The number of hydrogen-bond acceptors (Lipinski definition) is 5. The molecule has 1 aliphatic heterocycles. The summed E-state index contributed by atoms with van der Waals surface area (Å²) in [6, 6.07) is -0.589. The third kappa shape index (κ3) is 5.97. The summed E-state index contributed by atoms with van der Waals surface area (Å²) in [5, 5.41) is 17.8. The average molecular weight is 328 g/mol. The van der Waals surface area contributed by atoms with Crippen molar-refractivity contribution in [3.05, 3.63) is 0 Å². The predicted octanol–water partition coefficient (Wildman–Crippen LogP) is 0.0638. The van der Waals surface area contributed by atoms with E-state index in [4.69, 9.17) is 10.2 Å². The van der Waals surface area contributed by atoms with Gasteiger partial charge in [-0.3, -0.25) is 19.2 Å². The number of carboxylic acid groups (broad SMARTS) is 2. The molecular weight excluding hydrogens is 304 g/mol. The number of ketones is 1. The van der Waals surface area contributed by atoms with Crippen LogP contribution in [0.4, 0.5) is 0 Å². The summed E-state index contributed by atoms with van der Waals surface area (Å²) in [5.41, 5.74) is 0. The van der Waals surface area contributed by atoms with E-state index >= 15 is 0 Å². The number of carboxylic acids is 2. The molecule has 1 aliphatic rings. The summed E-state index contributed by atoms with van der Waals surface area (Å²) in [7, 11) is 3.52. The fraction of sp³-hybridized carbons (Fsp3) is 0.733. The second kappa shape index (κ2) is 8.61. The van der Waals surface area contributed by atoms with Crippen LogP contribution in [0.25, 0.3) is 0 Å². The van der Waals surface area contributed by atoms with Gasteiger partial charge in [0.05, 0.1) is 18.5 Å². The van der Waals surface area contributed by atoms with Crippen molar-refractivity contribution in [3.8, 4) is 0 Å². The topological polar surface area (TPSA) is 115 Å². The van der Waals surface area contributed by atoms with Gasteiger partial charge in [-0.25, -0.2) is 0 Å². The smallest absolute Gasteiger partial charge is 0.306 e. The number of likely N-dealkylation sites (N-methyl/N-ethyl adjacent to an activating group) is 1. The van der Waals surface area contributed by atoms with Crippen LogP contribution in [0, 0.1) is 5.92 Å². The Hall–Kier alpha value is -1.96. The van der Waals surface area contributed by atoms with Gasteiger partial charge < -0.3 is 20.0 Å². The van der Waals surface area contributed by atoms with Gasteiger partial charge in [-0.2, -0.15) is 0 Å². The Bertz CT molecular complexity index is 477. The van der Waals surface area contributed by atoms with E-state index in [1.54, 1.807) is 19.0 Å². The Kier molecular flexibility index (Phi) is 7.15. The van der Waals surface area contributed by atoms with Crippen molar-refractivity contribution in [2.24, 2.45) is 5.92 Å². The van der Waals surface area contributed by atoms with Crippen molar-refractivity contribution in [2.75, 3.05) is 27.2 Å². The zero-order valence-electron chi connectivity index (χ0n) is 13.5. The molecule has 0 aromatic carbocycles. The van der Waals surface area contributed by atoms with Gasteiger partial charge in [-0.15, -0.1) is 0 Å². The van der Waals surface area contributed by atoms with E-state index in [0.717, 1.165) is 0 Å². The van der Waals surface area contributed by atoms with Crippen LogP contribution in [0.1, 0.15) is 32.1 Å². The molecule has 1 fully saturated rings. The van der Waals surface area contributed by atoms with Gasteiger partial charge in [0.25, 0.3) is 0 Å². The van der Waals surface area contributed by atoms with Gasteiger partial charge in [0.1, 0.15) is 0 Å². The minimum atomic E-state index is -1.18. The Balaban J connectivity index is 2.68. The van der Waals surface area contributed by atoms with Gasteiger partial charge >= 0.3 is 11.9 Å². The fourth-order valence-electron chi connectivity index (χ4n) is 2.75. The SMILES string of the molecule is CN(C)CC(=O)N1CCC[C@H]1C(=O)C[C@@H](CCC(=O)O)C(=O)O. The monoisotopic (exact) mass is 328 g/mol. The molecule has 1 amide bonds. The highest BCUT2D eigenvalue weighted by Crippen LogP contribution is 2.23. The van der Waals surface area contributed by atoms with Crippen LogP contribution < -0.4 is 0 Å². The van der Waals surface area contributed by atoms with Gasteiger partial charge in [0.15, 0.2) is 5.78 Å². The van der Waals surface area contributed by atoms with Crippen LogP contribution in [0.2, 0.25) is 0 Å². The Morgan fingerprint density at radius 2 is 1.87 bits per heavy atom. The van der Waals surface area contributed by atoms with Gasteiger partial charge in [0.2, 0.25) is 5.91 Å². The number of Topliss-reactive ketones (excluding diaryl/α,β-unsaturated/α-hetero) is 1. The van der Waals surface area contributed by atoms with Crippen molar-refractivity contribution >= 4 is 23.6 Å². The Labute approximate surface area is 135 Å². The van der Waals surface area contributed by atoms with Crippen LogP contribution in [0.3, 0.4) is 0 Å². The number of rotatable bonds is 9. The largest absolute Gasteiger partial charge is 0.481 e. The van der Waals surface area contributed by atoms with E-state index in [9.17, 15) is 19.2 Å². The number of carbonyl (C=O) groups excluding carboxylic acids is 2. The van der Waals surface area contributed by atoms with Crippen LogP contribution in [0.15, 0.2) is 0 Å². The van der Waals surface area contributed by atoms with Gasteiger partial charge in [-0.05, 0) is 33.4 Å². The maximum absolute atomic E-state index is 12.4. The van der Waals surface area contributed by atoms with Crippen molar-refractivity contribution in [1.82, 2.24) is 9.80 Å². The molecule has 0 radical (unpaired) electrons. The van der Waals surface area contributed by atoms with E-state index in [-0.39, 0.29) is 37.5 Å². The zero-order valence-corrected chi connectivity index (χ0v) is 13.5. The summed E-state index contributed by atoms with van der Waals surface area (Å²) >= 11 is 0. The molecular formula is C15H24N2O6. The van der Waals surface area contributed by atoms with Crippen LogP contribution >= 0.6 is 0 Å². The molecule has 8 nitrogen and oxygen atoms in total. The zero-order chi connectivity index (χ0) is 17.6. The van der Waals surface area contributed by atoms with Crippen molar-refractivity contribution in [3.63, 3.8) is 0 Å². The lowest BCUT2D eigenvalue weighted by atomic mass is 9.93. The molecule has 0 saturated carbocycles. The van der Waals surface area contributed by atoms with Crippen molar-refractivity contribution in [2.45, 2.75) is 38.1 Å². The number of aliphatic carboxylic acids is 2. The summed E-state index contributed by atoms with van der Waals surface area (Å²) in [6.45, 7) is 0.696. The quantitative estimate of drug-likeness (QED) is 0.615. The second-order valence-electron chi connectivity index (χ2n) is 6.12. The van der Waals surface area contributed by atoms with E-state index in [1.807, 2.05) is 0 Å². The van der Waals surface area contributed by atoms with E-state index in [1.165, 1.54) is 4.90 Å². The van der Waals surface area contributed by atoms with Crippen LogP contribution in [-0.4, -0.2) is 76.9 Å². The second-order valence-corrected chi connectivity index (χ2v) is 6.12. The number of amides is 1. The summed E-state index contributed by atoms with van der Waals surface area (Å²) < 4.78 is 0. The predicted molar refractivity (Wildman–Crippen MR) is 80.9 cm³/mol. The first kappa shape index (κ1) is 19.1. The highest BCUT2D eigenvalue weighted by molar-refractivity contribution is 5.92. The van der Waals surface area contributed by atoms with Gasteiger partial charge in [-0.1, -0.05) is 0 Å². The molecule has 0 aromatic heterocycles. The highest BCUT2D eigenvalue weighted by Gasteiger charge is 2.35. The molecule has 0 unspecified atom stereocenters. The van der Waals surface area contributed by atoms with Crippen molar-refractivity contribution < 1.29 is 29.4 Å². The molecule has 1 saturated heterocycles. The molecule has 23 heavy (non-hydrogen) atoms. The maximum atomic E-state index is 12.4. The third-order valence-corrected chi connectivity index (χ3v) is 3.90. The first-order valence-corrected chi connectivity index (χ1v) is 7.64. The molecule has 0 aromatic rings. The molecule has 2 atom stereocenters. The van der Waals surface area contributed by atoms with Crippen LogP contribution in [0.5, 0.6) is 0 Å². The molecule has 130 valence electrons. The molecule has 1 heterocycles. The molecule has 8 heteroatoms. The lowest BCUT2D eigenvalue weighted by Gasteiger charge is -2.26. The number of nitrogens with zero attached hydrogens (tertiary/aromatic N) is 2. The number of hydrogen-bond donors (Lipinski definition) is 2. The first-order valence-electron chi connectivity index (χ1n) is 7.64. The standard InChI is InChI=1S/C15H24N2O6/c1-16(2)9-13(19)17-7-3-4-11(17)12(18)8-10(15(22)23)5-6-14(20)21/h10-11H,3-9H2,1-2H3,(H,20,21)(H,22,23)/t10-,11+/m1/s1. The molecule has 0 bridgehead atoms. The Morgan fingerprint density at radius 3 is 2.39 bits per heavy atom.